The molecule has 5 rings (SSSR count). The van der Waals surface area contributed by atoms with E-state index in [1.165, 1.54) is 0 Å². The molecule has 0 aliphatic carbocycles. The van der Waals surface area contributed by atoms with Crippen LogP contribution < -0.4 is 10.3 Å². The van der Waals surface area contributed by atoms with Gasteiger partial charge in [-0.1, -0.05) is 23.7 Å². The smallest absolute Gasteiger partial charge is 0.253 e. The molecule has 0 saturated carbocycles. The van der Waals surface area contributed by atoms with Crippen molar-refractivity contribution in [1.29, 1.82) is 0 Å². The topological polar surface area (TPSA) is 102 Å². The van der Waals surface area contributed by atoms with Crippen molar-refractivity contribution in [3.63, 3.8) is 0 Å². The maximum atomic E-state index is 13.7. The highest BCUT2D eigenvalue weighted by Crippen LogP contribution is 2.32. The molecule has 202 valence electrons. The van der Waals surface area contributed by atoms with E-state index in [0.717, 1.165) is 28.0 Å². The molecule has 39 heavy (non-hydrogen) atoms. The van der Waals surface area contributed by atoms with Gasteiger partial charge in [0.15, 0.2) is 5.82 Å². The van der Waals surface area contributed by atoms with E-state index < -0.39 is 11.6 Å². The van der Waals surface area contributed by atoms with Gasteiger partial charge in [-0.15, -0.1) is 5.10 Å². The van der Waals surface area contributed by atoms with Crippen LogP contribution in [-0.2, 0) is 18.6 Å². The highest BCUT2D eigenvalue weighted by atomic mass is 35.5. The van der Waals surface area contributed by atoms with E-state index in [1.54, 1.807) is 10.9 Å². The van der Waals surface area contributed by atoms with E-state index in [0.29, 0.717) is 36.1 Å². The molecule has 10 heteroatoms. The van der Waals surface area contributed by atoms with Crippen molar-refractivity contribution >= 4 is 22.5 Å². The SMILES string of the molecule is CCOc1ccc2[nH]c(=O)c(C(c3nnnn3C(C)(C)C)N(Cc3ccc(Cl)cc3)Cc3ccco3)cc2c1. The molecule has 0 aliphatic rings. The molecule has 3 aromatic heterocycles. The van der Waals surface area contributed by atoms with Crippen LogP contribution in [0.25, 0.3) is 10.9 Å². The van der Waals surface area contributed by atoms with Crippen LogP contribution in [0, 0.1) is 0 Å². The maximum absolute atomic E-state index is 13.7. The minimum Gasteiger partial charge on any atom is -0.494 e. The van der Waals surface area contributed by atoms with Crippen molar-refractivity contribution in [2.75, 3.05) is 6.61 Å². The van der Waals surface area contributed by atoms with E-state index in [9.17, 15) is 4.79 Å². The molecule has 9 nitrogen and oxygen atoms in total. The third-order valence-electron chi connectivity index (χ3n) is 6.43. The van der Waals surface area contributed by atoms with Gasteiger partial charge in [-0.2, -0.15) is 0 Å². The summed E-state index contributed by atoms with van der Waals surface area (Å²) in [5, 5.41) is 14.3. The van der Waals surface area contributed by atoms with Crippen LogP contribution in [0.4, 0.5) is 0 Å². The Balaban J connectivity index is 1.71. The Kier molecular flexibility index (Phi) is 7.54. The first-order valence-electron chi connectivity index (χ1n) is 12.8. The number of H-pyrrole nitrogens is 1. The Hall–Kier alpha value is -3.95. The molecule has 2 aromatic carbocycles. The Morgan fingerprint density at radius 3 is 2.59 bits per heavy atom. The summed E-state index contributed by atoms with van der Waals surface area (Å²) >= 11 is 6.17. The van der Waals surface area contributed by atoms with Gasteiger partial charge in [0.1, 0.15) is 17.6 Å². The van der Waals surface area contributed by atoms with Crippen molar-refractivity contribution in [1.82, 2.24) is 30.1 Å². The number of benzene rings is 2. The number of tetrazole rings is 1. The lowest BCUT2D eigenvalue weighted by Crippen LogP contribution is -2.37. The maximum Gasteiger partial charge on any atom is 0.253 e. The van der Waals surface area contributed by atoms with Crippen LogP contribution in [0.15, 0.2) is 76.1 Å². The van der Waals surface area contributed by atoms with E-state index in [1.807, 2.05) is 88.4 Å². The van der Waals surface area contributed by atoms with Crippen molar-refractivity contribution < 1.29 is 9.15 Å². The van der Waals surface area contributed by atoms with E-state index in [-0.39, 0.29) is 5.56 Å². The molecule has 0 aliphatic heterocycles. The molecule has 0 radical (unpaired) electrons. The molecule has 1 N–H and O–H groups in total. The molecule has 1 unspecified atom stereocenters. The van der Waals surface area contributed by atoms with Crippen molar-refractivity contribution in [2.45, 2.75) is 52.4 Å². The number of furan rings is 1. The molecule has 1 atom stereocenters. The first kappa shape index (κ1) is 26.6. The molecule has 0 fully saturated rings. The highest BCUT2D eigenvalue weighted by Gasteiger charge is 2.34. The summed E-state index contributed by atoms with van der Waals surface area (Å²) in [5.41, 5.74) is 1.59. The van der Waals surface area contributed by atoms with E-state index in [2.05, 4.69) is 25.4 Å². The molecular formula is C29H31ClN6O3. The second-order valence-corrected chi connectivity index (χ2v) is 10.8. The third kappa shape index (κ3) is 5.89. The number of rotatable bonds is 9. The first-order valence-corrected chi connectivity index (χ1v) is 13.2. The molecular weight excluding hydrogens is 516 g/mol. The lowest BCUT2D eigenvalue weighted by atomic mass is 10.0. The normalized spacial score (nSPS) is 12.8. The predicted octanol–water partition coefficient (Wildman–Crippen LogP) is 5.71. The number of aromatic nitrogens is 5. The summed E-state index contributed by atoms with van der Waals surface area (Å²) < 4.78 is 13.2. The zero-order valence-corrected chi connectivity index (χ0v) is 23.1. The van der Waals surface area contributed by atoms with Gasteiger partial charge < -0.3 is 14.1 Å². The number of halogens is 1. The Morgan fingerprint density at radius 2 is 1.90 bits per heavy atom. The van der Waals surface area contributed by atoms with Crippen LogP contribution in [0.3, 0.4) is 0 Å². The number of fused-ring (bicyclic) bond motifs is 1. The lowest BCUT2D eigenvalue weighted by molar-refractivity contribution is 0.171. The minimum absolute atomic E-state index is 0.222. The molecule has 0 saturated heterocycles. The zero-order chi connectivity index (χ0) is 27.6. The number of nitrogens with zero attached hydrogens (tertiary/aromatic N) is 5. The van der Waals surface area contributed by atoms with Gasteiger partial charge in [0.25, 0.3) is 5.56 Å². The molecule has 5 aromatic rings. The Bertz CT molecular complexity index is 1600. The van der Waals surface area contributed by atoms with Crippen LogP contribution >= 0.6 is 11.6 Å². The quantitative estimate of drug-likeness (QED) is 0.253. The number of hydrogen-bond donors (Lipinski definition) is 1. The number of nitrogens with one attached hydrogen (secondary N) is 1. The monoisotopic (exact) mass is 546 g/mol. The molecule has 0 bridgehead atoms. The zero-order valence-electron chi connectivity index (χ0n) is 22.4. The second kappa shape index (κ2) is 11.0. The fraction of sp³-hybridized carbons (Fsp3) is 0.310. The van der Waals surface area contributed by atoms with Gasteiger partial charge >= 0.3 is 0 Å². The third-order valence-corrected chi connectivity index (χ3v) is 6.68. The summed E-state index contributed by atoms with van der Waals surface area (Å²) in [6, 6.07) is 18.3. The Labute approximate surface area is 231 Å². The van der Waals surface area contributed by atoms with Crippen LogP contribution in [0.5, 0.6) is 5.75 Å². The van der Waals surface area contributed by atoms with Gasteiger partial charge in [-0.05, 0) is 92.2 Å². The molecule has 0 amide bonds. The standard InChI is InChI=1S/C29H31ClN6O3/c1-5-38-22-12-13-25-20(15-22)16-24(28(37)31-25)26(27-32-33-34-36(27)29(2,3)4)35(18-23-7-6-14-39-23)17-19-8-10-21(30)11-9-19/h6-16,26H,5,17-18H2,1-4H3,(H,31,37). The minimum atomic E-state index is -0.607. The average Bonchev–Trinajstić information content (AvgIpc) is 3.59. The van der Waals surface area contributed by atoms with Crippen LogP contribution in [0.1, 0.15) is 56.4 Å². The Morgan fingerprint density at radius 1 is 1.10 bits per heavy atom. The molecule has 0 spiro atoms. The fourth-order valence-corrected chi connectivity index (χ4v) is 4.79. The van der Waals surface area contributed by atoms with Gasteiger partial charge in [0.05, 0.1) is 25.0 Å². The molecule has 3 heterocycles. The van der Waals surface area contributed by atoms with Crippen LogP contribution in [0.2, 0.25) is 5.02 Å². The van der Waals surface area contributed by atoms with Crippen molar-refractivity contribution in [3.8, 4) is 5.75 Å². The fourth-order valence-electron chi connectivity index (χ4n) is 4.67. The van der Waals surface area contributed by atoms with Crippen LogP contribution in [-0.4, -0.2) is 36.7 Å². The number of ether oxygens (including phenoxy) is 1. The predicted molar refractivity (Wildman–Crippen MR) is 150 cm³/mol. The van der Waals surface area contributed by atoms with Gasteiger partial charge in [-0.25, -0.2) is 4.68 Å². The van der Waals surface area contributed by atoms with Crippen molar-refractivity contribution in [3.05, 3.63) is 105 Å². The van der Waals surface area contributed by atoms with Crippen molar-refractivity contribution in [2.24, 2.45) is 0 Å². The summed E-state index contributed by atoms with van der Waals surface area (Å²) in [5.74, 6) is 2.03. The van der Waals surface area contributed by atoms with Gasteiger partial charge in [-0.3, -0.25) is 9.69 Å². The summed E-state index contributed by atoms with van der Waals surface area (Å²) in [4.78, 5) is 18.9. The largest absolute Gasteiger partial charge is 0.494 e. The highest BCUT2D eigenvalue weighted by molar-refractivity contribution is 6.30. The lowest BCUT2D eigenvalue weighted by Gasteiger charge is -2.32. The van der Waals surface area contributed by atoms with Gasteiger partial charge in [0, 0.05) is 28.0 Å². The second-order valence-electron chi connectivity index (χ2n) is 10.4. The van der Waals surface area contributed by atoms with E-state index in [4.69, 9.17) is 20.8 Å². The summed E-state index contributed by atoms with van der Waals surface area (Å²) in [7, 11) is 0. The average molecular weight is 547 g/mol. The van der Waals surface area contributed by atoms with E-state index >= 15 is 0 Å². The number of hydrogen-bond acceptors (Lipinski definition) is 7. The number of pyridine rings is 1. The first-order chi connectivity index (χ1) is 18.7. The van der Waals surface area contributed by atoms with Gasteiger partial charge in [0.2, 0.25) is 0 Å². The summed E-state index contributed by atoms with van der Waals surface area (Å²) in [6.45, 7) is 9.46. The summed E-state index contributed by atoms with van der Waals surface area (Å²) in [6.07, 6.45) is 1.64. The number of aromatic amines is 1.